The molecule has 0 amide bonds. The Kier molecular flexibility index (Phi) is 6.51. The number of aliphatic imine (C=N–C) groups is 1. The van der Waals surface area contributed by atoms with Gasteiger partial charge in [-0.25, -0.2) is 0 Å². The van der Waals surface area contributed by atoms with Gasteiger partial charge in [-0.1, -0.05) is 13.0 Å². The fourth-order valence-corrected chi connectivity index (χ4v) is 4.38. The molecule has 0 radical (unpaired) electrons. The van der Waals surface area contributed by atoms with Crippen LogP contribution in [0.25, 0.3) is 0 Å². The molecule has 5 nitrogen and oxygen atoms in total. The first kappa shape index (κ1) is 17.7. The van der Waals surface area contributed by atoms with E-state index in [4.69, 9.17) is 4.74 Å². The molecule has 2 fully saturated rings. The number of rotatable bonds is 4. The molecule has 3 heterocycles. The fraction of sp³-hybridized carbons (Fsp3) is 0.722. The van der Waals surface area contributed by atoms with E-state index in [1.54, 1.807) is 0 Å². The predicted molar refractivity (Wildman–Crippen MR) is 101 cm³/mol. The number of likely N-dealkylation sites (tertiary alicyclic amines) is 1. The third-order valence-corrected chi connectivity index (χ3v) is 6.08. The summed E-state index contributed by atoms with van der Waals surface area (Å²) in [5, 5.41) is 5.81. The molecule has 0 aromatic carbocycles. The Morgan fingerprint density at radius 2 is 2.08 bits per heavy atom. The third-order valence-electron chi connectivity index (χ3n) is 5.11. The summed E-state index contributed by atoms with van der Waals surface area (Å²) in [7, 11) is 1.90. The van der Waals surface area contributed by atoms with Crippen LogP contribution in [-0.2, 0) is 4.74 Å². The van der Waals surface area contributed by atoms with Crippen molar-refractivity contribution in [1.82, 2.24) is 15.1 Å². The Bertz CT molecular complexity index is 505. The third kappa shape index (κ3) is 4.49. The second kappa shape index (κ2) is 8.83. The summed E-state index contributed by atoms with van der Waals surface area (Å²) in [6.07, 6.45) is 2.52. The second-order valence-electron chi connectivity index (χ2n) is 6.78. The van der Waals surface area contributed by atoms with Gasteiger partial charge < -0.3 is 15.0 Å². The van der Waals surface area contributed by atoms with Crippen LogP contribution in [0, 0.1) is 5.92 Å². The highest BCUT2D eigenvalue weighted by molar-refractivity contribution is 7.10. The number of thiophene rings is 1. The molecule has 0 spiro atoms. The number of hydrogen-bond donors (Lipinski definition) is 1. The highest BCUT2D eigenvalue weighted by Crippen LogP contribution is 2.25. The SMILES string of the molecule is CN=C(NCC(c1cccs1)N1CCOCC1)N1CCC(C)CC1. The molecule has 2 saturated heterocycles. The number of nitrogens with one attached hydrogen (secondary N) is 1. The topological polar surface area (TPSA) is 40.1 Å². The largest absolute Gasteiger partial charge is 0.379 e. The van der Waals surface area contributed by atoms with Gasteiger partial charge in [0.1, 0.15) is 0 Å². The smallest absolute Gasteiger partial charge is 0.193 e. The van der Waals surface area contributed by atoms with Crippen molar-refractivity contribution in [3.8, 4) is 0 Å². The highest BCUT2D eigenvalue weighted by atomic mass is 32.1. The van der Waals surface area contributed by atoms with Crippen molar-refractivity contribution in [2.24, 2.45) is 10.9 Å². The molecule has 0 saturated carbocycles. The van der Waals surface area contributed by atoms with Crippen LogP contribution >= 0.6 is 11.3 Å². The Balaban J connectivity index is 1.61. The Morgan fingerprint density at radius 3 is 2.71 bits per heavy atom. The van der Waals surface area contributed by atoms with Gasteiger partial charge in [0.25, 0.3) is 0 Å². The molecule has 1 N–H and O–H groups in total. The molecule has 24 heavy (non-hydrogen) atoms. The van der Waals surface area contributed by atoms with Gasteiger partial charge in [0, 0.05) is 44.6 Å². The van der Waals surface area contributed by atoms with E-state index in [1.807, 2.05) is 18.4 Å². The van der Waals surface area contributed by atoms with Crippen LogP contribution in [-0.4, -0.2) is 68.7 Å². The maximum atomic E-state index is 5.53. The second-order valence-corrected chi connectivity index (χ2v) is 7.76. The van der Waals surface area contributed by atoms with E-state index in [0.29, 0.717) is 6.04 Å². The molecule has 0 aliphatic carbocycles. The van der Waals surface area contributed by atoms with Crippen molar-refractivity contribution >= 4 is 17.3 Å². The summed E-state index contributed by atoms with van der Waals surface area (Å²) in [6, 6.07) is 4.79. The highest BCUT2D eigenvalue weighted by Gasteiger charge is 2.25. The Morgan fingerprint density at radius 1 is 1.33 bits per heavy atom. The minimum Gasteiger partial charge on any atom is -0.379 e. The van der Waals surface area contributed by atoms with Crippen molar-refractivity contribution in [2.75, 3.05) is 53.0 Å². The number of piperidine rings is 1. The van der Waals surface area contributed by atoms with Crippen LogP contribution in [0.15, 0.2) is 22.5 Å². The summed E-state index contributed by atoms with van der Waals surface area (Å²) in [4.78, 5) is 10.9. The van der Waals surface area contributed by atoms with Crippen molar-refractivity contribution in [2.45, 2.75) is 25.8 Å². The van der Waals surface area contributed by atoms with Gasteiger partial charge in [-0.2, -0.15) is 0 Å². The Labute approximate surface area is 149 Å². The zero-order valence-corrected chi connectivity index (χ0v) is 15.7. The maximum absolute atomic E-state index is 5.53. The van der Waals surface area contributed by atoms with E-state index in [1.165, 1.54) is 17.7 Å². The minimum atomic E-state index is 0.398. The lowest BCUT2D eigenvalue weighted by atomic mass is 9.99. The lowest BCUT2D eigenvalue weighted by Crippen LogP contribution is -2.49. The minimum absolute atomic E-state index is 0.398. The van der Waals surface area contributed by atoms with E-state index in [2.05, 4.69) is 44.5 Å². The average Bonchev–Trinajstić information content (AvgIpc) is 3.15. The molecule has 1 atom stereocenters. The van der Waals surface area contributed by atoms with Crippen molar-refractivity contribution in [1.29, 1.82) is 0 Å². The molecule has 1 aromatic rings. The van der Waals surface area contributed by atoms with Crippen molar-refractivity contribution in [3.05, 3.63) is 22.4 Å². The van der Waals surface area contributed by atoms with E-state index in [-0.39, 0.29) is 0 Å². The quantitative estimate of drug-likeness (QED) is 0.669. The lowest BCUT2D eigenvalue weighted by molar-refractivity contribution is 0.0175. The van der Waals surface area contributed by atoms with Gasteiger partial charge in [-0.3, -0.25) is 9.89 Å². The first-order valence-electron chi connectivity index (χ1n) is 9.08. The Hall–Kier alpha value is -1.11. The van der Waals surface area contributed by atoms with Crippen LogP contribution in [0.3, 0.4) is 0 Å². The first-order chi connectivity index (χ1) is 11.8. The van der Waals surface area contributed by atoms with Crippen LogP contribution in [0.4, 0.5) is 0 Å². The number of nitrogens with zero attached hydrogens (tertiary/aromatic N) is 3. The van der Waals surface area contributed by atoms with Gasteiger partial charge in [-0.05, 0) is 30.2 Å². The number of ether oxygens (including phenoxy) is 1. The van der Waals surface area contributed by atoms with E-state index < -0.39 is 0 Å². The fourth-order valence-electron chi connectivity index (χ4n) is 3.52. The summed E-state index contributed by atoms with van der Waals surface area (Å²) >= 11 is 1.84. The van der Waals surface area contributed by atoms with Crippen LogP contribution in [0.5, 0.6) is 0 Å². The first-order valence-corrected chi connectivity index (χ1v) is 9.96. The van der Waals surface area contributed by atoms with Crippen molar-refractivity contribution < 1.29 is 4.74 Å². The summed E-state index contributed by atoms with van der Waals surface area (Å²) < 4.78 is 5.53. The molecular formula is C18H30N4OS. The summed E-state index contributed by atoms with van der Waals surface area (Å²) in [5.74, 6) is 1.89. The van der Waals surface area contributed by atoms with E-state index in [9.17, 15) is 0 Å². The van der Waals surface area contributed by atoms with Crippen LogP contribution in [0.1, 0.15) is 30.7 Å². The number of morpholine rings is 1. The zero-order chi connectivity index (χ0) is 16.8. The molecule has 0 bridgehead atoms. The molecule has 3 rings (SSSR count). The monoisotopic (exact) mass is 350 g/mol. The molecule has 1 unspecified atom stereocenters. The summed E-state index contributed by atoms with van der Waals surface area (Å²) in [6.45, 7) is 9.15. The van der Waals surface area contributed by atoms with E-state index >= 15 is 0 Å². The van der Waals surface area contributed by atoms with Crippen LogP contribution in [0.2, 0.25) is 0 Å². The zero-order valence-electron chi connectivity index (χ0n) is 14.9. The average molecular weight is 351 g/mol. The lowest BCUT2D eigenvalue weighted by Gasteiger charge is -2.36. The summed E-state index contributed by atoms with van der Waals surface area (Å²) in [5.41, 5.74) is 0. The standard InChI is InChI=1S/C18H30N4OS/c1-15-5-7-22(8-6-15)18(19-2)20-14-16(17-4-3-13-24-17)21-9-11-23-12-10-21/h3-4,13,15-16H,5-12,14H2,1-2H3,(H,19,20). The number of guanidine groups is 1. The van der Waals surface area contributed by atoms with E-state index in [0.717, 1.165) is 57.8 Å². The van der Waals surface area contributed by atoms with Crippen LogP contribution < -0.4 is 5.32 Å². The number of hydrogen-bond acceptors (Lipinski definition) is 4. The molecule has 6 heteroatoms. The van der Waals surface area contributed by atoms with Gasteiger partial charge in [0.2, 0.25) is 0 Å². The van der Waals surface area contributed by atoms with Gasteiger partial charge in [0.05, 0.1) is 19.3 Å². The predicted octanol–water partition coefficient (Wildman–Crippen LogP) is 2.43. The van der Waals surface area contributed by atoms with Gasteiger partial charge in [0.15, 0.2) is 5.96 Å². The maximum Gasteiger partial charge on any atom is 0.193 e. The molecule has 2 aliphatic heterocycles. The molecule has 1 aromatic heterocycles. The molecular weight excluding hydrogens is 320 g/mol. The molecule has 2 aliphatic rings. The normalized spacial score (nSPS) is 22.6. The van der Waals surface area contributed by atoms with Crippen molar-refractivity contribution in [3.63, 3.8) is 0 Å². The van der Waals surface area contributed by atoms with Gasteiger partial charge >= 0.3 is 0 Å². The molecule has 134 valence electrons. The van der Waals surface area contributed by atoms with Gasteiger partial charge in [-0.15, -0.1) is 11.3 Å².